The number of anilines is 4. The molecule has 2 aromatic carbocycles. The van der Waals surface area contributed by atoms with Crippen LogP contribution in [0.15, 0.2) is 149 Å². The number of amides is 4. The van der Waals surface area contributed by atoms with E-state index in [0.29, 0.717) is 60.9 Å². The van der Waals surface area contributed by atoms with E-state index >= 15 is 0 Å². The smallest absolute Gasteiger partial charge is 0.399 e. The first-order valence-electron chi connectivity index (χ1n) is 25.6. The number of thioether (sulfide) groups is 2. The summed E-state index contributed by atoms with van der Waals surface area (Å²) in [6, 6.07) is 35.4. The molecule has 0 spiro atoms. The van der Waals surface area contributed by atoms with Gasteiger partial charge in [0.1, 0.15) is 35.7 Å². The molecule has 0 saturated carbocycles. The zero-order chi connectivity index (χ0) is 55.3. The van der Waals surface area contributed by atoms with Crippen LogP contribution in [0.3, 0.4) is 0 Å². The highest BCUT2D eigenvalue weighted by Gasteiger charge is 2.51. The quantitative estimate of drug-likeness (QED) is 0.0833. The Morgan fingerprint density at radius 1 is 0.564 bits per heavy atom. The molecule has 0 N–H and O–H groups in total. The standard InChI is InChI=1S/C25H25N7OS.C19H19BrN6O.C12H18BNO2S/c1-17(2)32-16-27-29-24(32)21-8-5-9-22(28-21)31-13-12-30(25(31)33)20-7-4-6-18(14-20)19-10-11-23(34-3)26-15-19;1-13(2)26-12-21-23-18(26)16-7-4-8-17(22-16)25-10-9-24(19(25)27)15-6-3-5-14(20)11-15;1-11(2)12(3,4)16-13(15-11)9-6-7-10(17-5)14-8-9/h4-11,14-17H,12-13H2,1-3H3;3-8,11-13H,9-10H2,1-2H3;6-8H,1-5H3. The molecule has 18 nitrogen and oxygen atoms in total. The molecule has 0 unspecified atom stereocenters. The van der Waals surface area contributed by atoms with Gasteiger partial charge in [0.15, 0.2) is 11.6 Å². The van der Waals surface area contributed by atoms with E-state index in [1.54, 1.807) is 55.8 Å². The third kappa shape index (κ3) is 12.2. The van der Waals surface area contributed by atoms with Gasteiger partial charge in [-0.25, -0.2) is 24.5 Å². The number of carbonyl (C=O) groups is 2. The molecule has 9 heterocycles. The van der Waals surface area contributed by atoms with Crippen molar-refractivity contribution in [2.45, 2.75) is 88.7 Å². The van der Waals surface area contributed by atoms with E-state index in [-0.39, 0.29) is 42.5 Å². The molecule has 78 heavy (non-hydrogen) atoms. The minimum atomic E-state index is -0.316. The fourth-order valence-electron chi connectivity index (χ4n) is 8.78. The van der Waals surface area contributed by atoms with Crippen LogP contribution in [0.1, 0.15) is 67.5 Å². The maximum atomic E-state index is 13.4. The molecule has 3 aliphatic rings. The average Bonchev–Trinajstić information content (AvgIpc) is 4.31. The van der Waals surface area contributed by atoms with Crippen molar-refractivity contribution in [1.29, 1.82) is 0 Å². The fraction of sp³-hybridized carbons (Fsp3) is 0.321. The summed E-state index contributed by atoms with van der Waals surface area (Å²) >= 11 is 6.70. The molecule has 402 valence electrons. The molecule has 22 heteroatoms. The van der Waals surface area contributed by atoms with E-state index in [1.807, 2.05) is 137 Å². The monoisotopic (exact) mass is 1150 g/mol. The second-order valence-corrected chi connectivity index (χ2v) is 22.7. The predicted octanol–water partition coefficient (Wildman–Crippen LogP) is 11.4. The van der Waals surface area contributed by atoms with Gasteiger partial charge in [-0.15, -0.1) is 43.9 Å². The second kappa shape index (κ2) is 24.0. The van der Waals surface area contributed by atoms with Crippen molar-refractivity contribution in [3.63, 3.8) is 0 Å². The molecule has 4 amide bonds. The molecule has 11 rings (SSSR count). The van der Waals surface area contributed by atoms with Gasteiger partial charge in [-0.3, -0.25) is 24.6 Å². The van der Waals surface area contributed by atoms with Crippen LogP contribution in [0.4, 0.5) is 32.6 Å². The number of hydrogen-bond donors (Lipinski definition) is 0. The molecule has 3 saturated heterocycles. The van der Waals surface area contributed by atoms with Crippen molar-refractivity contribution in [2.75, 3.05) is 58.3 Å². The molecular weight excluding hydrogens is 1090 g/mol. The molecule has 6 aromatic heterocycles. The van der Waals surface area contributed by atoms with E-state index in [9.17, 15) is 9.59 Å². The SMILES string of the molecule is CC(C)n1cnnc1-c1cccc(N2CCN(c3cccc(Br)c3)C2=O)n1.CSc1ccc(-c2cccc(N3CCN(c4cccc(-c5nncn5C(C)C)n4)C3=O)c2)cn1.CSc1ccc(B2OC(C)(C)C(C)(C)O2)cn1. The van der Waals surface area contributed by atoms with Gasteiger partial charge in [0, 0.05) is 77.5 Å². The number of hydrogen-bond acceptors (Lipinski definition) is 14. The summed E-state index contributed by atoms with van der Waals surface area (Å²) in [6.45, 7) is 18.8. The van der Waals surface area contributed by atoms with Gasteiger partial charge in [-0.05, 0) is 140 Å². The number of aromatic nitrogens is 10. The molecular formula is C56H62BBrN14O4S2. The number of nitrogens with zero attached hydrogens (tertiary/aromatic N) is 14. The van der Waals surface area contributed by atoms with Crippen LogP contribution in [-0.4, -0.2) is 119 Å². The highest BCUT2D eigenvalue weighted by molar-refractivity contribution is 9.10. The summed E-state index contributed by atoms with van der Waals surface area (Å²) in [5.74, 6) is 2.61. The van der Waals surface area contributed by atoms with E-state index in [4.69, 9.17) is 14.3 Å². The van der Waals surface area contributed by atoms with Crippen molar-refractivity contribution in [3.05, 3.63) is 139 Å². The Balaban J connectivity index is 0.000000150. The Morgan fingerprint density at radius 2 is 1.04 bits per heavy atom. The molecule has 3 aliphatic heterocycles. The van der Waals surface area contributed by atoms with Crippen LogP contribution in [0.2, 0.25) is 0 Å². The molecule has 0 bridgehead atoms. The number of benzene rings is 2. The molecule has 8 aromatic rings. The summed E-state index contributed by atoms with van der Waals surface area (Å²) in [7, 11) is -0.316. The van der Waals surface area contributed by atoms with Crippen LogP contribution in [0.25, 0.3) is 34.2 Å². The number of carbonyl (C=O) groups excluding carboxylic acids is 2. The van der Waals surface area contributed by atoms with Gasteiger partial charge in [0.25, 0.3) is 0 Å². The Labute approximate surface area is 472 Å². The number of halogens is 1. The van der Waals surface area contributed by atoms with Crippen LogP contribution in [0.5, 0.6) is 0 Å². The summed E-state index contributed by atoms with van der Waals surface area (Å²) in [5, 5.41) is 18.5. The molecule has 0 aliphatic carbocycles. The lowest BCUT2D eigenvalue weighted by molar-refractivity contribution is 0.00578. The van der Waals surface area contributed by atoms with Crippen LogP contribution in [-0.2, 0) is 9.31 Å². The van der Waals surface area contributed by atoms with E-state index in [1.165, 1.54) is 0 Å². The molecule has 0 radical (unpaired) electrons. The maximum Gasteiger partial charge on any atom is 0.496 e. The zero-order valence-corrected chi connectivity index (χ0v) is 48.6. The van der Waals surface area contributed by atoms with Crippen molar-refractivity contribution >= 4 is 87.1 Å². The topological polar surface area (TPSA) is 179 Å². The first-order chi connectivity index (χ1) is 37.4. The highest BCUT2D eigenvalue weighted by Crippen LogP contribution is 2.37. The van der Waals surface area contributed by atoms with Gasteiger partial charge in [0.2, 0.25) is 0 Å². The normalized spacial score (nSPS) is 15.8. The summed E-state index contributed by atoms with van der Waals surface area (Å²) in [4.78, 5) is 51.5. The number of pyridine rings is 4. The van der Waals surface area contributed by atoms with E-state index in [0.717, 1.165) is 42.5 Å². The lowest BCUT2D eigenvalue weighted by Gasteiger charge is -2.32. The van der Waals surface area contributed by atoms with Crippen molar-refractivity contribution in [3.8, 4) is 34.2 Å². The second-order valence-electron chi connectivity index (χ2n) is 20.1. The van der Waals surface area contributed by atoms with Crippen LogP contribution in [0, 0.1) is 0 Å². The minimum Gasteiger partial charge on any atom is -0.399 e. The number of urea groups is 2. The van der Waals surface area contributed by atoms with E-state index < -0.39 is 0 Å². The largest absolute Gasteiger partial charge is 0.496 e. The predicted molar refractivity (Wildman–Crippen MR) is 315 cm³/mol. The van der Waals surface area contributed by atoms with Crippen LogP contribution < -0.4 is 25.1 Å². The van der Waals surface area contributed by atoms with Gasteiger partial charge >= 0.3 is 19.2 Å². The van der Waals surface area contributed by atoms with Crippen molar-refractivity contribution < 1.29 is 18.9 Å². The van der Waals surface area contributed by atoms with Gasteiger partial charge < -0.3 is 18.4 Å². The third-order valence-corrected chi connectivity index (χ3v) is 15.6. The average molecular weight is 1150 g/mol. The highest BCUT2D eigenvalue weighted by atomic mass is 79.9. The first-order valence-corrected chi connectivity index (χ1v) is 28.8. The van der Waals surface area contributed by atoms with E-state index in [2.05, 4.69) is 113 Å². The lowest BCUT2D eigenvalue weighted by Crippen LogP contribution is -2.41. The third-order valence-electron chi connectivity index (χ3n) is 13.8. The fourth-order valence-corrected chi connectivity index (χ4v) is 9.89. The Morgan fingerprint density at radius 3 is 1.50 bits per heavy atom. The van der Waals surface area contributed by atoms with Crippen molar-refractivity contribution in [1.82, 2.24) is 49.5 Å². The maximum absolute atomic E-state index is 13.4. The summed E-state index contributed by atoms with van der Waals surface area (Å²) in [6.07, 6.45) is 11.1. The first kappa shape index (κ1) is 55.8. The minimum absolute atomic E-state index is 0.0805. The van der Waals surface area contributed by atoms with Crippen LogP contribution >= 0.6 is 39.5 Å². The number of rotatable bonds is 12. The molecule has 0 atom stereocenters. The zero-order valence-electron chi connectivity index (χ0n) is 45.4. The summed E-state index contributed by atoms with van der Waals surface area (Å²) in [5.41, 5.74) is 5.55. The Hall–Kier alpha value is -6.98. The van der Waals surface area contributed by atoms with Gasteiger partial charge in [-0.1, -0.05) is 58.4 Å². The van der Waals surface area contributed by atoms with Gasteiger partial charge in [0.05, 0.1) is 21.3 Å². The molecule has 3 fully saturated rings. The summed E-state index contributed by atoms with van der Waals surface area (Å²) < 4.78 is 16.8. The Bertz CT molecular complexity index is 3360. The lowest BCUT2D eigenvalue weighted by atomic mass is 9.80. The van der Waals surface area contributed by atoms with Crippen molar-refractivity contribution in [2.24, 2.45) is 0 Å². The Kier molecular flexibility index (Phi) is 17.1. The van der Waals surface area contributed by atoms with Gasteiger partial charge in [-0.2, -0.15) is 0 Å².